The van der Waals surface area contributed by atoms with Crippen molar-refractivity contribution in [2.45, 2.75) is 26.4 Å². The van der Waals surface area contributed by atoms with Crippen LogP contribution in [0.1, 0.15) is 19.4 Å². The van der Waals surface area contributed by atoms with Crippen LogP contribution in [0.25, 0.3) is 0 Å². The SMILES string of the molecule is CCOc1ccc(CN(C)C(C)C(=O)Nc2ccc(F)c(Cl)c2)cc1OC. The van der Waals surface area contributed by atoms with Gasteiger partial charge in [0, 0.05) is 12.2 Å². The van der Waals surface area contributed by atoms with Crippen molar-refractivity contribution in [1.29, 1.82) is 0 Å². The van der Waals surface area contributed by atoms with Gasteiger partial charge in [-0.05, 0) is 56.8 Å². The quantitative estimate of drug-likeness (QED) is 0.723. The minimum Gasteiger partial charge on any atom is -0.493 e. The molecule has 0 spiro atoms. The molecule has 5 nitrogen and oxygen atoms in total. The molecule has 2 aromatic rings. The molecule has 0 heterocycles. The summed E-state index contributed by atoms with van der Waals surface area (Å²) in [7, 11) is 3.44. The average Bonchev–Trinajstić information content (AvgIpc) is 2.65. The molecule has 0 saturated heterocycles. The highest BCUT2D eigenvalue weighted by Gasteiger charge is 2.19. The number of rotatable bonds is 8. The van der Waals surface area contributed by atoms with Gasteiger partial charge in [0.05, 0.1) is 24.8 Å². The lowest BCUT2D eigenvalue weighted by Crippen LogP contribution is -2.39. The van der Waals surface area contributed by atoms with Crippen LogP contribution in [0.3, 0.4) is 0 Å². The van der Waals surface area contributed by atoms with Gasteiger partial charge in [-0.2, -0.15) is 0 Å². The maximum absolute atomic E-state index is 13.2. The standard InChI is InChI=1S/C20H24ClFN2O3/c1-5-27-18-9-6-14(10-19(18)26-4)12-24(3)13(2)20(25)23-15-7-8-17(22)16(21)11-15/h6-11,13H,5,12H2,1-4H3,(H,23,25). The van der Waals surface area contributed by atoms with Crippen LogP contribution in [-0.2, 0) is 11.3 Å². The summed E-state index contributed by atoms with van der Waals surface area (Å²) < 4.78 is 24.1. The third-order valence-electron chi connectivity index (χ3n) is 4.19. The summed E-state index contributed by atoms with van der Waals surface area (Å²) in [6, 6.07) is 9.36. The average molecular weight is 395 g/mol. The maximum Gasteiger partial charge on any atom is 0.241 e. The molecule has 1 N–H and O–H groups in total. The lowest BCUT2D eigenvalue weighted by molar-refractivity contribution is -0.120. The highest BCUT2D eigenvalue weighted by molar-refractivity contribution is 6.31. The first-order valence-electron chi connectivity index (χ1n) is 8.61. The molecule has 0 aromatic heterocycles. The molecule has 0 aliphatic heterocycles. The van der Waals surface area contributed by atoms with Crippen LogP contribution in [0.2, 0.25) is 5.02 Å². The Labute approximate surface area is 164 Å². The Bertz CT molecular complexity index is 801. The van der Waals surface area contributed by atoms with Crippen molar-refractivity contribution >= 4 is 23.2 Å². The van der Waals surface area contributed by atoms with Crippen LogP contribution in [0.4, 0.5) is 10.1 Å². The number of hydrogen-bond donors (Lipinski definition) is 1. The fourth-order valence-electron chi connectivity index (χ4n) is 2.53. The monoisotopic (exact) mass is 394 g/mol. The van der Waals surface area contributed by atoms with Crippen molar-refractivity contribution in [2.24, 2.45) is 0 Å². The summed E-state index contributed by atoms with van der Waals surface area (Å²) >= 11 is 5.75. The number of carbonyl (C=O) groups is 1. The van der Waals surface area contributed by atoms with E-state index in [4.69, 9.17) is 21.1 Å². The van der Waals surface area contributed by atoms with Crippen molar-refractivity contribution in [3.8, 4) is 11.5 Å². The van der Waals surface area contributed by atoms with E-state index in [1.165, 1.54) is 18.2 Å². The van der Waals surface area contributed by atoms with E-state index in [1.54, 1.807) is 14.0 Å². The van der Waals surface area contributed by atoms with Crippen molar-refractivity contribution < 1.29 is 18.7 Å². The van der Waals surface area contributed by atoms with Crippen LogP contribution < -0.4 is 14.8 Å². The van der Waals surface area contributed by atoms with E-state index in [9.17, 15) is 9.18 Å². The van der Waals surface area contributed by atoms with E-state index in [2.05, 4.69) is 5.32 Å². The number of amides is 1. The van der Waals surface area contributed by atoms with Crippen molar-refractivity contribution in [1.82, 2.24) is 4.90 Å². The van der Waals surface area contributed by atoms with Gasteiger partial charge >= 0.3 is 0 Å². The molecule has 7 heteroatoms. The molecule has 1 amide bonds. The minimum atomic E-state index is -0.524. The third-order valence-corrected chi connectivity index (χ3v) is 4.48. The molecular formula is C20H24ClFN2O3. The number of nitrogens with one attached hydrogen (secondary N) is 1. The Balaban J connectivity index is 2.02. The van der Waals surface area contributed by atoms with Gasteiger partial charge < -0.3 is 14.8 Å². The minimum absolute atomic E-state index is 0.0321. The van der Waals surface area contributed by atoms with E-state index < -0.39 is 11.9 Å². The number of methoxy groups -OCH3 is 1. The lowest BCUT2D eigenvalue weighted by atomic mass is 10.1. The summed E-state index contributed by atoms with van der Waals surface area (Å²) in [4.78, 5) is 14.4. The van der Waals surface area contributed by atoms with Gasteiger partial charge in [-0.3, -0.25) is 9.69 Å². The Morgan fingerprint density at radius 2 is 2.00 bits per heavy atom. The maximum atomic E-state index is 13.2. The van der Waals surface area contributed by atoms with E-state index >= 15 is 0 Å². The van der Waals surface area contributed by atoms with E-state index in [0.717, 1.165) is 5.56 Å². The van der Waals surface area contributed by atoms with Crippen molar-refractivity contribution in [3.63, 3.8) is 0 Å². The van der Waals surface area contributed by atoms with Gasteiger partial charge in [-0.25, -0.2) is 4.39 Å². The first-order chi connectivity index (χ1) is 12.8. The van der Waals surface area contributed by atoms with Crippen LogP contribution in [0, 0.1) is 5.82 Å². The highest BCUT2D eigenvalue weighted by atomic mass is 35.5. The molecule has 0 saturated carbocycles. The normalized spacial score (nSPS) is 12.0. The molecule has 1 atom stereocenters. The van der Waals surface area contributed by atoms with Crippen molar-refractivity contribution in [3.05, 3.63) is 52.8 Å². The number of hydrogen-bond acceptors (Lipinski definition) is 4. The zero-order valence-corrected chi connectivity index (χ0v) is 16.6. The summed E-state index contributed by atoms with van der Waals surface area (Å²) in [5.74, 6) is 0.605. The van der Waals surface area contributed by atoms with Crippen LogP contribution in [0.15, 0.2) is 36.4 Å². The van der Waals surface area contributed by atoms with Gasteiger partial charge in [0.1, 0.15) is 5.82 Å². The zero-order valence-electron chi connectivity index (χ0n) is 15.9. The zero-order chi connectivity index (χ0) is 20.0. The lowest BCUT2D eigenvalue weighted by Gasteiger charge is -2.24. The van der Waals surface area contributed by atoms with E-state index in [1.807, 2.05) is 37.1 Å². The van der Waals surface area contributed by atoms with E-state index in [0.29, 0.717) is 30.3 Å². The fourth-order valence-corrected chi connectivity index (χ4v) is 2.71. The summed E-state index contributed by atoms with van der Waals surface area (Å²) in [5.41, 5.74) is 1.44. The molecule has 0 aliphatic carbocycles. The van der Waals surface area contributed by atoms with Crippen LogP contribution in [0.5, 0.6) is 11.5 Å². The Morgan fingerprint density at radius 3 is 2.63 bits per heavy atom. The smallest absolute Gasteiger partial charge is 0.241 e. The molecule has 2 rings (SSSR count). The Kier molecular flexibility index (Phi) is 7.45. The molecule has 0 aliphatic rings. The van der Waals surface area contributed by atoms with Gasteiger partial charge in [0.2, 0.25) is 5.91 Å². The first-order valence-corrected chi connectivity index (χ1v) is 8.99. The first kappa shape index (κ1) is 21.0. The number of carbonyl (C=O) groups excluding carboxylic acids is 1. The summed E-state index contributed by atoms with van der Waals surface area (Å²) in [5, 5.41) is 2.72. The molecular weight excluding hydrogens is 371 g/mol. The molecule has 146 valence electrons. The second-order valence-electron chi connectivity index (χ2n) is 6.13. The second-order valence-corrected chi connectivity index (χ2v) is 6.53. The van der Waals surface area contributed by atoms with Crippen molar-refractivity contribution in [2.75, 3.05) is 26.1 Å². The van der Waals surface area contributed by atoms with Crippen LogP contribution >= 0.6 is 11.6 Å². The van der Waals surface area contributed by atoms with Gasteiger partial charge in [0.25, 0.3) is 0 Å². The largest absolute Gasteiger partial charge is 0.493 e. The predicted molar refractivity (Wildman–Crippen MR) is 105 cm³/mol. The number of benzene rings is 2. The van der Waals surface area contributed by atoms with Gasteiger partial charge in [-0.15, -0.1) is 0 Å². The molecule has 0 bridgehead atoms. The molecule has 0 fully saturated rings. The topological polar surface area (TPSA) is 50.8 Å². The number of halogens is 2. The summed E-state index contributed by atoms with van der Waals surface area (Å²) in [6.45, 7) is 4.81. The highest BCUT2D eigenvalue weighted by Crippen LogP contribution is 2.28. The molecule has 27 heavy (non-hydrogen) atoms. The fraction of sp³-hybridized carbons (Fsp3) is 0.350. The molecule has 0 radical (unpaired) electrons. The predicted octanol–water partition coefficient (Wildman–Crippen LogP) is 4.35. The van der Waals surface area contributed by atoms with Gasteiger partial charge in [0.15, 0.2) is 11.5 Å². The third kappa shape index (κ3) is 5.58. The number of ether oxygens (including phenoxy) is 2. The molecule has 2 aromatic carbocycles. The van der Waals surface area contributed by atoms with E-state index in [-0.39, 0.29) is 10.9 Å². The van der Waals surface area contributed by atoms with Crippen LogP contribution in [-0.4, -0.2) is 37.6 Å². The number of likely N-dealkylation sites (N-methyl/N-ethyl adjacent to an activating group) is 1. The Hall–Kier alpha value is -2.31. The molecule has 1 unspecified atom stereocenters. The number of nitrogens with zero attached hydrogens (tertiary/aromatic N) is 1. The summed E-state index contributed by atoms with van der Waals surface area (Å²) in [6.07, 6.45) is 0. The second kappa shape index (κ2) is 9.58. The Morgan fingerprint density at radius 1 is 1.26 bits per heavy atom. The van der Waals surface area contributed by atoms with Gasteiger partial charge in [-0.1, -0.05) is 17.7 Å². The number of anilines is 1.